The van der Waals surface area contributed by atoms with Crippen molar-refractivity contribution in [3.63, 3.8) is 0 Å². The summed E-state index contributed by atoms with van der Waals surface area (Å²) in [5.74, 6) is 5.14. The number of carbonyl (C=O) groups excluding carboxylic acids is 3. The lowest BCUT2D eigenvalue weighted by Crippen LogP contribution is -2.32. The number of carbonyl (C=O) groups is 3. The highest BCUT2D eigenvalue weighted by Crippen LogP contribution is 2.24. The zero-order chi connectivity index (χ0) is 19.2. The van der Waals surface area contributed by atoms with Gasteiger partial charge in [0.05, 0.1) is 17.7 Å². The summed E-state index contributed by atoms with van der Waals surface area (Å²) in [7, 11) is 0. The largest absolute Gasteiger partial charge is 0.345 e. The fraction of sp³-hybridized carbons (Fsp3) is 0.227. The van der Waals surface area contributed by atoms with Gasteiger partial charge in [0.2, 0.25) is 5.91 Å². The van der Waals surface area contributed by atoms with Crippen LogP contribution in [-0.4, -0.2) is 35.7 Å². The third-order valence-electron chi connectivity index (χ3n) is 4.29. The lowest BCUT2D eigenvalue weighted by molar-refractivity contribution is -0.121. The van der Waals surface area contributed by atoms with Gasteiger partial charge in [0.15, 0.2) is 0 Å². The smallest absolute Gasteiger partial charge is 0.261 e. The van der Waals surface area contributed by atoms with Gasteiger partial charge in [0.25, 0.3) is 11.8 Å². The number of imide groups is 1. The van der Waals surface area contributed by atoms with Crippen molar-refractivity contribution < 1.29 is 14.4 Å². The van der Waals surface area contributed by atoms with Gasteiger partial charge >= 0.3 is 0 Å². The number of hydrogen-bond acceptors (Lipinski definition) is 3. The van der Waals surface area contributed by atoms with Crippen molar-refractivity contribution >= 4 is 17.7 Å². The number of fused-ring (bicyclic) bond motifs is 1. The van der Waals surface area contributed by atoms with E-state index in [1.54, 1.807) is 12.1 Å². The first kappa shape index (κ1) is 18.4. The molecule has 1 heterocycles. The number of hydrogen-bond donors (Lipinski definition) is 1. The van der Waals surface area contributed by atoms with E-state index in [4.69, 9.17) is 0 Å². The predicted octanol–water partition coefficient (Wildman–Crippen LogP) is 2.54. The minimum atomic E-state index is -0.288. The van der Waals surface area contributed by atoms with Gasteiger partial charge in [-0.25, -0.2) is 0 Å². The van der Waals surface area contributed by atoms with Crippen LogP contribution in [-0.2, 0) is 4.79 Å². The van der Waals surface area contributed by atoms with Crippen molar-refractivity contribution in [2.45, 2.75) is 19.8 Å². The molecule has 2 aromatic rings. The van der Waals surface area contributed by atoms with Crippen LogP contribution >= 0.6 is 0 Å². The maximum absolute atomic E-state index is 12.4. The Morgan fingerprint density at radius 2 is 1.78 bits per heavy atom. The molecule has 1 N–H and O–H groups in total. The summed E-state index contributed by atoms with van der Waals surface area (Å²) in [6, 6.07) is 14.8. The van der Waals surface area contributed by atoms with Crippen LogP contribution in [0.4, 0.5) is 0 Å². The van der Waals surface area contributed by atoms with Gasteiger partial charge in [0, 0.05) is 18.5 Å². The molecule has 0 saturated carbocycles. The molecule has 136 valence electrons. The molecule has 0 atom stereocenters. The van der Waals surface area contributed by atoms with Crippen LogP contribution in [0.1, 0.15) is 44.7 Å². The van der Waals surface area contributed by atoms with Crippen molar-refractivity contribution in [3.05, 3.63) is 70.8 Å². The Morgan fingerprint density at radius 3 is 2.56 bits per heavy atom. The highest BCUT2D eigenvalue weighted by Gasteiger charge is 2.34. The van der Waals surface area contributed by atoms with Gasteiger partial charge < -0.3 is 5.32 Å². The van der Waals surface area contributed by atoms with Gasteiger partial charge in [-0.05, 0) is 37.6 Å². The van der Waals surface area contributed by atoms with Crippen LogP contribution in [0.15, 0.2) is 48.5 Å². The summed E-state index contributed by atoms with van der Waals surface area (Å²) in [4.78, 5) is 37.8. The topological polar surface area (TPSA) is 66.5 Å². The molecule has 2 aromatic carbocycles. The van der Waals surface area contributed by atoms with Gasteiger partial charge in [-0.2, -0.15) is 0 Å². The lowest BCUT2D eigenvalue weighted by atomic mass is 10.1. The molecular formula is C22H20N2O3. The molecule has 3 rings (SSSR count). The van der Waals surface area contributed by atoms with Crippen molar-refractivity contribution in [2.24, 2.45) is 0 Å². The highest BCUT2D eigenvalue weighted by atomic mass is 16.2. The molecule has 0 saturated heterocycles. The van der Waals surface area contributed by atoms with E-state index in [0.717, 1.165) is 11.1 Å². The van der Waals surface area contributed by atoms with E-state index in [1.165, 1.54) is 4.90 Å². The third-order valence-corrected chi connectivity index (χ3v) is 4.29. The van der Waals surface area contributed by atoms with Crippen LogP contribution in [0.25, 0.3) is 0 Å². The van der Waals surface area contributed by atoms with Crippen LogP contribution in [0, 0.1) is 18.8 Å². The van der Waals surface area contributed by atoms with E-state index < -0.39 is 0 Å². The van der Waals surface area contributed by atoms with E-state index in [1.807, 2.05) is 43.3 Å². The Bertz CT molecular complexity index is 939. The molecule has 3 amide bonds. The Kier molecular flexibility index (Phi) is 5.68. The summed E-state index contributed by atoms with van der Waals surface area (Å²) in [6.07, 6.45) is 0.655. The molecule has 0 fully saturated rings. The van der Waals surface area contributed by atoms with Crippen molar-refractivity contribution in [1.82, 2.24) is 10.2 Å². The first-order valence-corrected chi connectivity index (χ1v) is 8.84. The highest BCUT2D eigenvalue weighted by molar-refractivity contribution is 6.21. The number of amides is 3. The van der Waals surface area contributed by atoms with E-state index >= 15 is 0 Å². The molecule has 5 nitrogen and oxygen atoms in total. The van der Waals surface area contributed by atoms with Gasteiger partial charge in [-0.1, -0.05) is 41.7 Å². The van der Waals surface area contributed by atoms with E-state index in [-0.39, 0.29) is 37.2 Å². The Morgan fingerprint density at radius 1 is 1.04 bits per heavy atom. The van der Waals surface area contributed by atoms with E-state index in [9.17, 15) is 14.4 Å². The quantitative estimate of drug-likeness (QED) is 0.658. The molecule has 1 aliphatic rings. The molecule has 1 aliphatic heterocycles. The van der Waals surface area contributed by atoms with Gasteiger partial charge in [0.1, 0.15) is 0 Å². The first-order chi connectivity index (χ1) is 13.1. The average Bonchev–Trinajstić information content (AvgIpc) is 2.90. The maximum atomic E-state index is 12.4. The minimum absolute atomic E-state index is 0.148. The standard InChI is InChI=1S/C22H20N2O3/c1-16-11-12-18-19(15-16)22(27)24(21(18)26)14-6-10-20(25)23-13-5-9-17-7-3-2-4-8-17/h2-4,7-8,11-12,15H,6,10,13-14H2,1H3,(H,23,25). The molecular weight excluding hydrogens is 340 g/mol. The van der Waals surface area contributed by atoms with Crippen LogP contribution < -0.4 is 5.32 Å². The fourth-order valence-corrected chi connectivity index (χ4v) is 2.90. The van der Waals surface area contributed by atoms with Crippen LogP contribution in [0.3, 0.4) is 0 Å². The second-order valence-corrected chi connectivity index (χ2v) is 6.36. The number of aryl methyl sites for hydroxylation is 1. The molecule has 27 heavy (non-hydrogen) atoms. The summed E-state index contributed by atoms with van der Waals surface area (Å²) < 4.78 is 0. The van der Waals surface area contributed by atoms with E-state index in [0.29, 0.717) is 17.5 Å². The van der Waals surface area contributed by atoms with Crippen molar-refractivity contribution in [3.8, 4) is 11.8 Å². The molecule has 0 spiro atoms. The van der Waals surface area contributed by atoms with Crippen LogP contribution in [0.2, 0.25) is 0 Å². The zero-order valence-corrected chi connectivity index (χ0v) is 15.1. The molecule has 0 radical (unpaired) electrons. The summed E-state index contributed by atoms with van der Waals surface area (Å²) in [5, 5.41) is 2.72. The summed E-state index contributed by atoms with van der Waals surface area (Å²) in [5.41, 5.74) is 2.72. The van der Waals surface area contributed by atoms with Gasteiger partial charge in [-0.3, -0.25) is 19.3 Å². The van der Waals surface area contributed by atoms with Gasteiger partial charge in [-0.15, -0.1) is 0 Å². The molecule has 0 unspecified atom stereocenters. The minimum Gasteiger partial charge on any atom is -0.345 e. The molecule has 0 bridgehead atoms. The SMILES string of the molecule is Cc1ccc2c(c1)C(=O)N(CCCC(=O)NCC#Cc1ccccc1)C2=O. The lowest BCUT2D eigenvalue weighted by Gasteiger charge is -2.13. The number of benzene rings is 2. The number of nitrogens with zero attached hydrogens (tertiary/aromatic N) is 1. The van der Waals surface area contributed by atoms with E-state index in [2.05, 4.69) is 17.2 Å². The number of nitrogens with one attached hydrogen (secondary N) is 1. The maximum Gasteiger partial charge on any atom is 0.261 e. The molecule has 0 aromatic heterocycles. The first-order valence-electron chi connectivity index (χ1n) is 8.84. The zero-order valence-electron chi connectivity index (χ0n) is 15.1. The molecule has 5 heteroatoms. The second kappa shape index (κ2) is 8.33. The normalized spacial score (nSPS) is 12.4. The second-order valence-electron chi connectivity index (χ2n) is 6.36. The predicted molar refractivity (Wildman–Crippen MR) is 102 cm³/mol. The molecule has 0 aliphatic carbocycles. The van der Waals surface area contributed by atoms with Crippen molar-refractivity contribution in [2.75, 3.05) is 13.1 Å². The Labute approximate surface area is 158 Å². The third kappa shape index (κ3) is 4.42. The fourth-order valence-electron chi connectivity index (χ4n) is 2.90. The summed E-state index contributed by atoms with van der Waals surface area (Å²) >= 11 is 0. The monoisotopic (exact) mass is 360 g/mol. The average molecular weight is 360 g/mol. The van der Waals surface area contributed by atoms with Crippen molar-refractivity contribution in [1.29, 1.82) is 0 Å². The Hall–Kier alpha value is -3.39. The van der Waals surface area contributed by atoms with Crippen LogP contribution in [0.5, 0.6) is 0 Å². The Balaban J connectivity index is 1.44. The number of rotatable bonds is 5. The summed E-state index contributed by atoms with van der Waals surface area (Å²) in [6.45, 7) is 2.38.